The van der Waals surface area contributed by atoms with Crippen LogP contribution in [-0.4, -0.2) is 5.97 Å². The lowest BCUT2D eigenvalue weighted by atomic mass is 10.0. The van der Waals surface area contributed by atoms with Crippen molar-refractivity contribution in [3.8, 4) is 0 Å². The average molecular weight is 149 g/mol. The number of hydrogen-bond donors (Lipinski definition) is 0. The van der Waals surface area contributed by atoms with Crippen LogP contribution in [0.15, 0.2) is 30.3 Å². The highest BCUT2D eigenvalue weighted by molar-refractivity contribution is 5.73. The molecule has 0 amide bonds. The van der Waals surface area contributed by atoms with Crippen molar-refractivity contribution < 1.29 is 9.90 Å². The van der Waals surface area contributed by atoms with Crippen LogP contribution in [0.1, 0.15) is 18.4 Å². The van der Waals surface area contributed by atoms with Crippen LogP contribution in [0, 0.1) is 0 Å². The number of aliphatic carboxylic acids is 1. The molecule has 0 bridgehead atoms. The van der Waals surface area contributed by atoms with Crippen LogP contribution in [0.2, 0.25) is 0 Å². The highest BCUT2D eigenvalue weighted by Gasteiger charge is 2.03. The van der Waals surface area contributed by atoms with Crippen LogP contribution in [0.4, 0.5) is 0 Å². The van der Waals surface area contributed by atoms with Crippen molar-refractivity contribution in [3.05, 3.63) is 35.9 Å². The van der Waals surface area contributed by atoms with E-state index in [1.165, 1.54) is 0 Å². The summed E-state index contributed by atoms with van der Waals surface area (Å²) in [7, 11) is 0. The Hall–Kier alpha value is -1.31. The molecule has 0 unspecified atom stereocenters. The average Bonchev–Trinajstić information content (AvgIpc) is 2.05. The Kier molecular flexibility index (Phi) is 2.26. The van der Waals surface area contributed by atoms with Crippen molar-refractivity contribution in [2.24, 2.45) is 0 Å². The third kappa shape index (κ3) is 1.80. The van der Waals surface area contributed by atoms with Gasteiger partial charge in [-0.2, -0.15) is 0 Å². The predicted molar refractivity (Wildman–Crippen MR) is 39.9 cm³/mol. The van der Waals surface area contributed by atoms with E-state index < -0.39 is 11.9 Å². The zero-order valence-electron chi connectivity index (χ0n) is 6.28. The number of carboxylic acids is 1. The topological polar surface area (TPSA) is 40.1 Å². The summed E-state index contributed by atoms with van der Waals surface area (Å²) in [5.41, 5.74) is 0.785. The molecule has 1 atom stereocenters. The zero-order valence-corrected chi connectivity index (χ0v) is 6.28. The third-order valence-electron chi connectivity index (χ3n) is 1.65. The van der Waals surface area contributed by atoms with Gasteiger partial charge < -0.3 is 9.90 Å². The van der Waals surface area contributed by atoms with Gasteiger partial charge in [-0.25, -0.2) is 0 Å². The van der Waals surface area contributed by atoms with Crippen LogP contribution < -0.4 is 5.11 Å². The first kappa shape index (κ1) is 7.79. The number of benzene rings is 1. The Morgan fingerprint density at radius 1 is 1.36 bits per heavy atom. The summed E-state index contributed by atoms with van der Waals surface area (Å²) in [6.07, 6.45) is 0. The highest BCUT2D eigenvalue weighted by Crippen LogP contribution is 2.12. The molecular weight excluding hydrogens is 140 g/mol. The first-order valence-electron chi connectivity index (χ1n) is 3.47. The Labute approximate surface area is 65.5 Å². The van der Waals surface area contributed by atoms with Gasteiger partial charge in [0.1, 0.15) is 0 Å². The molecule has 0 aliphatic rings. The molecule has 1 aromatic rings. The largest absolute Gasteiger partial charge is 0.550 e. The maximum atomic E-state index is 10.4. The number of carboxylic acid groups (broad SMARTS) is 1. The molecular formula is C9H9O2-. The van der Waals surface area contributed by atoms with E-state index in [9.17, 15) is 9.90 Å². The molecule has 1 rings (SSSR count). The molecule has 1 aromatic carbocycles. The summed E-state index contributed by atoms with van der Waals surface area (Å²) in [6.45, 7) is 1.62. The van der Waals surface area contributed by atoms with Crippen LogP contribution in [0.3, 0.4) is 0 Å². The minimum Gasteiger partial charge on any atom is -0.550 e. The van der Waals surface area contributed by atoms with Gasteiger partial charge in [-0.3, -0.25) is 0 Å². The third-order valence-corrected chi connectivity index (χ3v) is 1.65. The fourth-order valence-electron chi connectivity index (χ4n) is 0.878. The van der Waals surface area contributed by atoms with Crippen LogP contribution in [0.5, 0.6) is 0 Å². The summed E-state index contributed by atoms with van der Waals surface area (Å²) < 4.78 is 0. The van der Waals surface area contributed by atoms with E-state index in [1.807, 2.05) is 18.2 Å². The van der Waals surface area contributed by atoms with E-state index in [0.717, 1.165) is 5.56 Å². The molecule has 0 radical (unpaired) electrons. The van der Waals surface area contributed by atoms with E-state index >= 15 is 0 Å². The number of carbonyl (C=O) groups is 1. The molecule has 0 aliphatic heterocycles. The molecule has 0 heterocycles. The SMILES string of the molecule is C[C@@H](C(=O)[O-])c1ccccc1. The predicted octanol–water partition coefficient (Wildman–Crippen LogP) is 0.540. The van der Waals surface area contributed by atoms with Gasteiger partial charge in [0.2, 0.25) is 0 Å². The maximum Gasteiger partial charge on any atom is 0.0486 e. The molecule has 0 fully saturated rings. The van der Waals surface area contributed by atoms with Gasteiger partial charge >= 0.3 is 0 Å². The van der Waals surface area contributed by atoms with Crippen LogP contribution >= 0.6 is 0 Å². The summed E-state index contributed by atoms with van der Waals surface area (Å²) in [5, 5.41) is 10.4. The molecule has 0 N–H and O–H groups in total. The quantitative estimate of drug-likeness (QED) is 0.615. The lowest BCUT2D eigenvalue weighted by Gasteiger charge is -2.11. The van der Waals surface area contributed by atoms with Gasteiger partial charge in [0, 0.05) is 11.9 Å². The van der Waals surface area contributed by atoms with Gasteiger partial charge in [0.15, 0.2) is 0 Å². The van der Waals surface area contributed by atoms with Crippen molar-refractivity contribution in [1.82, 2.24) is 0 Å². The maximum absolute atomic E-state index is 10.4. The van der Waals surface area contributed by atoms with Gasteiger partial charge in [-0.05, 0) is 5.56 Å². The molecule has 0 saturated carbocycles. The minimum atomic E-state index is -1.03. The molecule has 0 aliphatic carbocycles. The van der Waals surface area contributed by atoms with E-state index in [4.69, 9.17) is 0 Å². The standard InChI is InChI=1S/C9H10O2/c1-7(9(10)11)8-5-3-2-4-6-8/h2-7H,1H3,(H,10,11)/p-1/t7-/m1/s1. The molecule has 58 valence electrons. The Morgan fingerprint density at radius 2 is 1.91 bits per heavy atom. The fourth-order valence-corrected chi connectivity index (χ4v) is 0.878. The number of carbonyl (C=O) groups excluding carboxylic acids is 1. The summed E-state index contributed by atoms with van der Waals surface area (Å²) in [4.78, 5) is 10.4. The molecule has 11 heavy (non-hydrogen) atoms. The van der Waals surface area contributed by atoms with Crippen molar-refractivity contribution in [2.75, 3.05) is 0 Å². The molecule has 2 heteroatoms. The normalized spacial score (nSPS) is 12.5. The number of hydrogen-bond acceptors (Lipinski definition) is 2. The first-order chi connectivity index (χ1) is 5.22. The fraction of sp³-hybridized carbons (Fsp3) is 0.222. The van der Waals surface area contributed by atoms with Gasteiger partial charge in [0.05, 0.1) is 0 Å². The smallest absolute Gasteiger partial charge is 0.0486 e. The molecule has 0 saturated heterocycles. The first-order valence-corrected chi connectivity index (χ1v) is 3.47. The van der Waals surface area contributed by atoms with Gasteiger partial charge in [-0.15, -0.1) is 0 Å². The second-order valence-electron chi connectivity index (χ2n) is 2.45. The van der Waals surface area contributed by atoms with E-state index in [1.54, 1.807) is 19.1 Å². The zero-order chi connectivity index (χ0) is 8.27. The monoisotopic (exact) mass is 149 g/mol. The molecule has 0 aromatic heterocycles. The summed E-state index contributed by atoms with van der Waals surface area (Å²) in [6, 6.07) is 9.04. The second-order valence-corrected chi connectivity index (χ2v) is 2.45. The van der Waals surface area contributed by atoms with E-state index in [0.29, 0.717) is 0 Å². The summed E-state index contributed by atoms with van der Waals surface area (Å²) in [5.74, 6) is -1.55. The minimum absolute atomic E-state index is 0.517. The van der Waals surface area contributed by atoms with E-state index in [2.05, 4.69) is 0 Å². The Bertz CT molecular complexity index is 241. The molecule has 0 spiro atoms. The van der Waals surface area contributed by atoms with Crippen molar-refractivity contribution in [1.29, 1.82) is 0 Å². The second kappa shape index (κ2) is 3.19. The van der Waals surface area contributed by atoms with Crippen LogP contribution in [0.25, 0.3) is 0 Å². The van der Waals surface area contributed by atoms with Gasteiger partial charge in [0.25, 0.3) is 0 Å². The van der Waals surface area contributed by atoms with Crippen molar-refractivity contribution in [2.45, 2.75) is 12.8 Å². The lowest BCUT2D eigenvalue weighted by molar-refractivity contribution is -0.307. The van der Waals surface area contributed by atoms with Crippen molar-refractivity contribution in [3.63, 3.8) is 0 Å². The van der Waals surface area contributed by atoms with Crippen LogP contribution in [-0.2, 0) is 4.79 Å². The van der Waals surface area contributed by atoms with E-state index in [-0.39, 0.29) is 0 Å². The molecule has 2 nitrogen and oxygen atoms in total. The van der Waals surface area contributed by atoms with Crippen molar-refractivity contribution >= 4 is 5.97 Å². The summed E-state index contributed by atoms with van der Waals surface area (Å²) >= 11 is 0. The highest BCUT2D eigenvalue weighted by atomic mass is 16.4. The van der Waals surface area contributed by atoms with Gasteiger partial charge in [-0.1, -0.05) is 37.3 Å². The lowest BCUT2D eigenvalue weighted by Crippen LogP contribution is -2.27. The Balaban J connectivity index is 2.85. The number of rotatable bonds is 2. The Morgan fingerprint density at radius 3 is 2.36 bits per heavy atom.